The van der Waals surface area contributed by atoms with Crippen molar-refractivity contribution in [2.75, 3.05) is 0 Å². The molecule has 0 N–H and O–H groups in total. The number of benzene rings is 2. The lowest BCUT2D eigenvalue weighted by Gasteiger charge is -2.29. The van der Waals surface area contributed by atoms with Crippen molar-refractivity contribution in [3.05, 3.63) is 70.0 Å². The topological polar surface area (TPSA) is 23.8 Å². The molecule has 0 spiro atoms. The molecule has 4 rings (SSSR count). The van der Waals surface area contributed by atoms with E-state index in [4.69, 9.17) is 5.26 Å². The summed E-state index contributed by atoms with van der Waals surface area (Å²) < 4.78 is 14.4. The van der Waals surface area contributed by atoms with Crippen LogP contribution in [-0.4, -0.2) is 0 Å². The first kappa shape index (κ1) is 19.2. The lowest BCUT2D eigenvalue weighted by molar-refractivity contribution is 0.308. The maximum absolute atomic E-state index is 14.4. The molecule has 146 valence electrons. The van der Waals surface area contributed by atoms with Gasteiger partial charge in [0.25, 0.3) is 0 Å². The Hall–Kier alpha value is -2.14. The fourth-order valence-corrected chi connectivity index (χ4v) is 5.41. The predicted octanol–water partition coefficient (Wildman–Crippen LogP) is 7.04. The van der Waals surface area contributed by atoms with Crippen LogP contribution in [0, 0.1) is 23.1 Å². The number of fused-ring (bicyclic) bond motifs is 1. The van der Waals surface area contributed by atoms with E-state index in [0.717, 1.165) is 42.2 Å². The summed E-state index contributed by atoms with van der Waals surface area (Å²) in [5, 5.41) is 9.03. The molecule has 1 unspecified atom stereocenters. The van der Waals surface area contributed by atoms with Crippen molar-refractivity contribution in [1.29, 1.82) is 5.26 Å². The van der Waals surface area contributed by atoms with Crippen molar-refractivity contribution < 1.29 is 4.39 Å². The first-order valence-electron chi connectivity index (χ1n) is 11.0. The Kier molecular flexibility index (Phi) is 5.81. The van der Waals surface area contributed by atoms with Gasteiger partial charge in [-0.3, -0.25) is 0 Å². The number of rotatable bonds is 4. The van der Waals surface area contributed by atoms with E-state index in [1.807, 2.05) is 12.1 Å². The minimum atomic E-state index is -0.299. The molecule has 2 heteroatoms. The second kappa shape index (κ2) is 8.48. The number of halogens is 1. The van der Waals surface area contributed by atoms with Crippen LogP contribution in [0.25, 0.3) is 0 Å². The van der Waals surface area contributed by atoms with Gasteiger partial charge in [0.2, 0.25) is 0 Å². The quantitative estimate of drug-likeness (QED) is 0.562. The van der Waals surface area contributed by atoms with E-state index in [0.29, 0.717) is 5.92 Å². The Morgan fingerprint density at radius 3 is 2.25 bits per heavy atom. The highest BCUT2D eigenvalue weighted by atomic mass is 19.1. The lowest BCUT2D eigenvalue weighted by Crippen LogP contribution is -2.15. The first-order chi connectivity index (χ1) is 13.7. The summed E-state index contributed by atoms with van der Waals surface area (Å²) in [5.41, 5.74) is 4.88. The molecule has 2 aliphatic carbocycles. The van der Waals surface area contributed by atoms with Gasteiger partial charge in [-0.15, -0.1) is 0 Å². The maximum Gasteiger partial charge on any atom is 0.144 e. The van der Waals surface area contributed by atoms with Crippen molar-refractivity contribution >= 4 is 0 Å². The second-order valence-corrected chi connectivity index (χ2v) is 8.79. The largest absolute Gasteiger partial charge is 0.205 e. The van der Waals surface area contributed by atoms with E-state index in [-0.39, 0.29) is 11.4 Å². The minimum Gasteiger partial charge on any atom is -0.205 e. The van der Waals surface area contributed by atoms with Crippen molar-refractivity contribution in [2.45, 2.75) is 76.5 Å². The zero-order valence-electron chi connectivity index (χ0n) is 16.9. The van der Waals surface area contributed by atoms with Crippen LogP contribution in [0.4, 0.5) is 4.39 Å². The van der Waals surface area contributed by atoms with Crippen molar-refractivity contribution in [3.63, 3.8) is 0 Å². The molecule has 0 heterocycles. The fraction of sp³-hybridized carbons (Fsp3) is 0.500. The second-order valence-electron chi connectivity index (χ2n) is 8.79. The molecular formula is C26H30FN. The van der Waals surface area contributed by atoms with Crippen LogP contribution >= 0.6 is 0 Å². The van der Waals surface area contributed by atoms with E-state index < -0.39 is 0 Å². The molecular weight excluding hydrogens is 345 g/mol. The molecule has 0 saturated heterocycles. The smallest absolute Gasteiger partial charge is 0.144 e. The summed E-state index contributed by atoms with van der Waals surface area (Å²) in [6, 6.07) is 14.8. The summed E-state index contributed by atoms with van der Waals surface area (Å²) in [6.07, 6.45) is 10.7. The van der Waals surface area contributed by atoms with E-state index in [9.17, 15) is 4.39 Å². The average molecular weight is 376 g/mol. The zero-order chi connectivity index (χ0) is 19.5. The van der Waals surface area contributed by atoms with Gasteiger partial charge in [0.15, 0.2) is 0 Å². The third-order valence-electron chi connectivity index (χ3n) is 7.09. The number of nitriles is 1. The standard InChI is InChI=1S/C26H30FN/c1-2-3-18-4-6-19(7-5-18)20-8-10-21(11-9-20)22-14-15-25-23(16-22)12-13-24(17-28)26(25)27/h8-13,18-19,22H,2-7,14-16H2,1H3. The molecule has 0 bridgehead atoms. The summed E-state index contributed by atoms with van der Waals surface area (Å²) in [6.45, 7) is 2.30. The summed E-state index contributed by atoms with van der Waals surface area (Å²) >= 11 is 0. The first-order valence-corrected chi connectivity index (χ1v) is 11.0. The fourth-order valence-electron chi connectivity index (χ4n) is 5.41. The van der Waals surface area contributed by atoms with Gasteiger partial charge in [0.1, 0.15) is 11.9 Å². The van der Waals surface area contributed by atoms with Gasteiger partial charge in [-0.05, 0) is 91.0 Å². The average Bonchev–Trinajstić information content (AvgIpc) is 2.75. The Bertz CT molecular complexity index is 853. The summed E-state index contributed by atoms with van der Waals surface area (Å²) in [5.74, 6) is 1.83. The van der Waals surface area contributed by atoms with E-state index in [2.05, 4.69) is 31.2 Å². The summed E-state index contributed by atoms with van der Waals surface area (Å²) in [4.78, 5) is 0. The van der Waals surface area contributed by atoms with Crippen molar-refractivity contribution in [1.82, 2.24) is 0 Å². The number of hydrogen-bond donors (Lipinski definition) is 0. The monoisotopic (exact) mass is 375 g/mol. The molecule has 1 nitrogen and oxygen atoms in total. The van der Waals surface area contributed by atoms with Crippen LogP contribution < -0.4 is 0 Å². The lowest BCUT2D eigenvalue weighted by atomic mass is 9.76. The third-order valence-corrected chi connectivity index (χ3v) is 7.09. The molecule has 0 amide bonds. The normalized spacial score (nSPS) is 24.4. The molecule has 0 aliphatic heterocycles. The van der Waals surface area contributed by atoms with Gasteiger partial charge in [-0.25, -0.2) is 4.39 Å². The number of hydrogen-bond acceptors (Lipinski definition) is 1. The van der Waals surface area contributed by atoms with Gasteiger partial charge in [-0.1, -0.05) is 50.1 Å². The summed E-state index contributed by atoms with van der Waals surface area (Å²) in [7, 11) is 0. The highest BCUT2D eigenvalue weighted by molar-refractivity contribution is 5.43. The molecule has 1 fully saturated rings. The van der Waals surface area contributed by atoms with Gasteiger partial charge in [-0.2, -0.15) is 5.26 Å². The Balaban J connectivity index is 1.43. The zero-order valence-corrected chi connectivity index (χ0v) is 16.9. The van der Waals surface area contributed by atoms with Gasteiger partial charge in [0.05, 0.1) is 5.56 Å². The van der Waals surface area contributed by atoms with Crippen LogP contribution in [-0.2, 0) is 12.8 Å². The SMILES string of the molecule is CCCC1CCC(c2ccc(C3CCc4c(ccc(C#N)c4F)C3)cc2)CC1. The number of nitrogens with zero attached hydrogens (tertiary/aromatic N) is 1. The predicted molar refractivity (Wildman–Crippen MR) is 112 cm³/mol. The van der Waals surface area contributed by atoms with E-state index in [1.54, 1.807) is 6.07 Å². The van der Waals surface area contributed by atoms with Crippen LogP contribution in [0.5, 0.6) is 0 Å². The molecule has 28 heavy (non-hydrogen) atoms. The van der Waals surface area contributed by atoms with Crippen LogP contribution in [0.2, 0.25) is 0 Å². The van der Waals surface area contributed by atoms with Crippen LogP contribution in [0.15, 0.2) is 36.4 Å². The molecule has 1 saturated carbocycles. The molecule has 2 aromatic rings. The molecule has 0 radical (unpaired) electrons. The minimum absolute atomic E-state index is 0.176. The highest BCUT2D eigenvalue weighted by Gasteiger charge is 2.25. The Labute approximate surface area is 168 Å². The van der Waals surface area contributed by atoms with Crippen LogP contribution in [0.3, 0.4) is 0 Å². The molecule has 2 aliphatic rings. The molecule has 0 aromatic heterocycles. The van der Waals surface area contributed by atoms with Crippen molar-refractivity contribution in [3.8, 4) is 6.07 Å². The van der Waals surface area contributed by atoms with Crippen LogP contribution in [0.1, 0.15) is 91.5 Å². The Morgan fingerprint density at radius 1 is 0.929 bits per heavy atom. The molecule has 1 atom stereocenters. The van der Waals surface area contributed by atoms with Gasteiger partial charge >= 0.3 is 0 Å². The van der Waals surface area contributed by atoms with Gasteiger partial charge < -0.3 is 0 Å². The van der Waals surface area contributed by atoms with Crippen molar-refractivity contribution in [2.24, 2.45) is 5.92 Å². The molecule has 2 aromatic carbocycles. The Morgan fingerprint density at radius 2 is 1.61 bits per heavy atom. The van der Waals surface area contributed by atoms with Gasteiger partial charge in [0, 0.05) is 0 Å². The van der Waals surface area contributed by atoms with E-state index in [1.165, 1.54) is 49.7 Å². The third kappa shape index (κ3) is 3.86. The maximum atomic E-state index is 14.4. The highest BCUT2D eigenvalue weighted by Crippen LogP contribution is 2.39. The van der Waals surface area contributed by atoms with E-state index >= 15 is 0 Å².